The fraction of sp³-hybridized carbons (Fsp3) is 0.222. The average molecular weight is 377 g/mol. The lowest BCUT2D eigenvalue weighted by molar-refractivity contribution is -0.116. The second-order valence-corrected chi connectivity index (χ2v) is 6.00. The number of Topliss-reactive ketones (excluding diaryl/α,β-unsaturated/α-hetero) is 1. The van der Waals surface area contributed by atoms with Crippen LogP contribution in [-0.2, 0) is 11.2 Å². The Morgan fingerprint density at radius 3 is 2.26 bits per heavy atom. The van der Waals surface area contributed by atoms with Crippen molar-refractivity contribution < 1.29 is 19.1 Å². The minimum absolute atomic E-state index is 0.0273. The van der Waals surface area contributed by atoms with E-state index in [0.717, 1.165) is 4.47 Å². The Bertz CT molecular complexity index is 753. The van der Waals surface area contributed by atoms with Crippen molar-refractivity contribution in [3.05, 3.63) is 57.6 Å². The molecule has 0 aromatic heterocycles. The van der Waals surface area contributed by atoms with Crippen molar-refractivity contribution in [1.29, 1.82) is 0 Å². The zero-order valence-electron chi connectivity index (χ0n) is 13.2. The summed E-state index contributed by atoms with van der Waals surface area (Å²) in [4.78, 5) is 24.4. The Labute approximate surface area is 143 Å². The number of hydrogen-bond acceptors (Lipinski definition) is 4. The van der Waals surface area contributed by atoms with Gasteiger partial charge in [0.1, 0.15) is 5.78 Å². The molecule has 0 bridgehead atoms. The highest BCUT2D eigenvalue weighted by Gasteiger charge is 2.19. The van der Waals surface area contributed by atoms with Crippen LogP contribution in [0.1, 0.15) is 28.4 Å². The largest absolute Gasteiger partial charge is 0.493 e. The van der Waals surface area contributed by atoms with Crippen LogP contribution >= 0.6 is 15.9 Å². The first kappa shape index (κ1) is 17.2. The summed E-state index contributed by atoms with van der Waals surface area (Å²) in [5.41, 5.74) is 1.60. The van der Waals surface area contributed by atoms with Crippen LogP contribution in [0.15, 0.2) is 40.9 Å². The van der Waals surface area contributed by atoms with Crippen molar-refractivity contribution in [3.8, 4) is 11.5 Å². The third kappa shape index (κ3) is 3.99. The van der Waals surface area contributed by atoms with Gasteiger partial charge in [0.15, 0.2) is 17.3 Å². The summed E-state index contributed by atoms with van der Waals surface area (Å²) in [5, 5.41) is 0. The Hall–Kier alpha value is -2.14. The number of benzene rings is 2. The molecular weight excluding hydrogens is 360 g/mol. The summed E-state index contributed by atoms with van der Waals surface area (Å²) < 4.78 is 11.4. The van der Waals surface area contributed by atoms with E-state index in [1.807, 2.05) is 6.07 Å². The van der Waals surface area contributed by atoms with Crippen molar-refractivity contribution in [2.45, 2.75) is 13.3 Å². The average Bonchev–Trinajstić information content (AvgIpc) is 2.53. The van der Waals surface area contributed by atoms with Gasteiger partial charge in [-0.1, -0.05) is 28.1 Å². The number of methoxy groups -OCH3 is 2. The van der Waals surface area contributed by atoms with Gasteiger partial charge in [0.25, 0.3) is 0 Å². The molecule has 0 unspecified atom stereocenters. The van der Waals surface area contributed by atoms with E-state index in [1.165, 1.54) is 21.1 Å². The topological polar surface area (TPSA) is 52.6 Å². The van der Waals surface area contributed by atoms with E-state index >= 15 is 0 Å². The van der Waals surface area contributed by atoms with E-state index in [0.29, 0.717) is 28.2 Å². The lowest BCUT2D eigenvalue weighted by atomic mass is 9.95. The number of rotatable bonds is 6. The van der Waals surface area contributed by atoms with Crippen LogP contribution in [0.2, 0.25) is 0 Å². The van der Waals surface area contributed by atoms with Gasteiger partial charge >= 0.3 is 0 Å². The van der Waals surface area contributed by atoms with Gasteiger partial charge in [-0.25, -0.2) is 0 Å². The second kappa shape index (κ2) is 7.42. The van der Waals surface area contributed by atoms with E-state index in [2.05, 4.69) is 15.9 Å². The van der Waals surface area contributed by atoms with Gasteiger partial charge < -0.3 is 9.47 Å². The zero-order chi connectivity index (χ0) is 17.0. The fourth-order valence-electron chi connectivity index (χ4n) is 2.33. The maximum Gasteiger partial charge on any atom is 0.193 e. The third-order valence-corrected chi connectivity index (χ3v) is 3.87. The van der Waals surface area contributed by atoms with Gasteiger partial charge in [-0.3, -0.25) is 9.59 Å². The third-order valence-electron chi connectivity index (χ3n) is 3.38. The Balaban J connectivity index is 2.58. The van der Waals surface area contributed by atoms with Crippen LogP contribution < -0.4 is 9.47 Å². The maximum absolute atomic E-state index is 12.8. The summed E-state index contributed by atoms with van der Waals surface area (Å²) in [6.07, 6.45) is 0.162. The lowest BCUT2D eigenvalue weighted by Crippen LogP contribution is -2.09. The molecule has 0 amide bonds. The van der Waals surface area contributed by atoms with Crippen LogP contribution in [0.25, 0.3) is 0 Å². The predicted molar refractivity (Wildman–Crippen MR) is 91.5 cm³/mol. The van der Waals surface area contributed by atoms with E-state index in [4.69, 9.17) is 9.47 Å². The number of ether oxygens (including phenoxy) is 2. The van der Waals surface area contributed by atoms with Gasteiger partial charge in [0.05, 0.1) is 14.2 Å². The number of carbonyl (C=O) groups is 2. The van der Waals surface area contributed by atoms with Gasteiger partial charge in [0, 0.05) is 22.0 Å². The number of carbonyl (C=O) groups excluding carboxylic acids is 2. The van der Waals surface area contributed by atoms with Gasteiger partial charge in [-0.2, -0.15) is 0 Å². The first-order valence-corrected chi connectivity index (χ1v) is 7.80. The number of halogens is 1. The monoisotopic (exact) mass is 376 g/mol. The molecule has 0 saturated carbocycles. The molecule has 0 aliphatic heterocycles. The normalized spacial score (nSPS) is 10.3. The first-order valence-electron chi connectivity index (χ1n) is 7.01. The summed E-state index contributed by atoms with van der Waals surface area (Å²) in [6.45, 7) is 1.49. The minimum Gasteiger partial charge on any atom is -0.493 e. The second-order valence-electron chi connectivity index (χ2n) is 5.08. The first-order chi connectivity index (χ1) is 11.0. The van der Waals surface area contributed by atoms with Gasteiger partial charge in [-0.05, 0) is 36.8 Å². The van der Waals surface area contributed by atoms with Crippen molar-refractivity contribution in [2.24, 2.45) is 0 Å². The molecule has 0 spiro atoms. The molecule has 0 radical (unpaired) electrons. The molecule has 23 heavy (non-hydrogen) atoms. The molecule has 0 atom stereocenters. The summed E-state index contributed by atoms with van der Waals surface area (Å²) in [5.74, 6) is 0.761. The predicted octanol–water partition coefficient (Wildman–Crippen LogP) is 3.83. The Morgan fingerprint density at radius 2 is 1.70 bits per heavy atom. The molecule has 4 nitrogen and oxygen atoms in total. The molecule has 5 heteroatoms. The number of ketones is 2. The molecular formula is C18H17BrO4. The van der Waals surface area contributed by atoms with Crippen molar-refractivity contribution >= 4 is 27.5 Å². The van der Waals surface area contributed by atoms with E-state index in [-0.39, 0.29) is 18.0 Å². The van der Waals surface area contributed by atoms with E-state index < -0.39 is 0 Å². The highest BCUT2D eigenvalue weighted by Crippen LogP contribution is 2.32. The molecule has 2 aromatic carbocycles. The lowest BCUT2D eigenvalue weighted by Gasteiger charge is -2.14. The van der Waals surface area contributed by atoms with E-state index in [1.54, 1.807) is 30.3 Å². The van der Waals surface area contributed by atoms with Gasteiger partial charge in [0.2, 0.25) is 0 Å². The molecule has 2 rings (SSSR count). The summed E-state index contributed by atoms with van der Waals surface area (Å²) >= 11 is 3.36. The van der Waals surface area contributed by atoms with Crippen LogP contribution in [-0.4, -0.2) is 25.8 Å². The molecule has 0 N–H and O–H groups in total. The fourth-order valence-corrected chi connectivity index (χ4v) is 2.73. The zero-order valence-corrected chi connectivity index (χ0v) is 14.8. The van der Waals surface area contributed by atoms with Crippen molar-refractivity contribution in [1.82, 2.24) is 0 Å². The quantitative estimate of drug-likeness (QED) is 0.718. The van der Waals surface area contributed by atoms with Crippen LogP contribution in [0.3, 0.4) is 0 Å². The Kier molecular flexibility index (Phi) is 5.55. The highest BCUT2D eigenvalue weighted by atomic mass is 79.9. The molecule has 0 fully saturated rings. The summed E-state index contributed by atoms with van der Waals surface area (Å²) in [7, 11) is 3.03. The minimum atomic E-state index is -0.163. The van der Waals surface area contributed by atoms with Crippen LogP contribution in [0, 0.1) is 0 Å². The van der Waals surface area contributed by atoms with Crippen molar-refractivity contribution in [2.75, 3.05) is 14.2 Å². The smallest absolute Gasteiger partial charge is 0.193 e. The molecule has 120 valence electrons. The highest BCUT2D eigenvalue weighted by molar-refractivity contribution is 9.10. The van der Waals surface area contributed by atoms with Crippen LogP contribution in [0.5, 0.6) is 11.5 Å². The number of hydrogen-bond donors (Lipinski definition) is 0. The standard InChI is InChI=1S/C18H17BrO4/c1-11(20)7-13-9-16(22-2)17(23-3)10-15(13)18(21)12-5-4-6-14(19)8-12/h4-6,8-10H,7H2,1-3H3. The van der Waals surface area contributed by atoms with Crippen LogP contribution in [0.4, 0.5) is 0 Å². The van der Waals surface area contributed by atoms with Crippen molar-refractivity contribution in [3.63, 3.8) is 0 Å². The Morgan fingerprint density at radius 1 is 1.04 bits per heavy atom. The van der Waals surface area contributed by atoms with E-state index in [9.17, 15) is 9.59 Å². The van der Waals surface area contributed by atoms with Gasteiger partial charge in [-0.15, -0.1) is 0 Å². The molecule has 0 heterocycles. The molecule has 0 saturated heterocycles. The molecule has 0 aliphatic carbocycles. The molecule has 0 aliphatic rings. The SMILES string of the molecule is COc1cc(CC(C)=O)c(C(=O)c2cccc(Br)c2)cc1OC. The maximum atomic E-state index is 12.8. The molecule has 2 aromatic rings. The summed E-state index contributed by atoms with van der Waals surface area (Å²) in [6, 6.07) is 10.4.